The highest BCUT2D eigenvalue weighted by atomic mass is 16.5. The van der Waals surface area contributed by atoms with Crippen LogP contribution in [-0.2, 0) is 16.1 Å². The molecule has 19 heavy (non-hydrogen) atoms. The number of carbonyl (C=O) groups excluding carboxylic acids is 1. The van der Waals surface area contributed by atoms with Gasteiger partial charge in [-0.25, -0.2) is 0 Å². The lowest BCUT2D eigenvalue weighted by molar-refractivity contribution is -0.116. The minimum Gasteiger partial charge on any atom is -0.378 e. The van der Waals surface area contributed by atoms with Gasteiger partial charge in [0, 0.05) is 25.3 Å². The molecule has 1 aromatic rings. The van der Waals surface area contributed by atoms with Gasteiger partial charge in [0.1, 0.15) is 0 Å². The fourth-order valence-electron chi connectivity index (χ4n) is 2.30. The topological polar surface area (TPSA) is 50.4 Å². The number of amides is 1. The van der Waals surface area contributed by atoms with E-state index in [4.69, 9.17) is 4.74 Å². The zero-order chi connectivity index (χ0) is 13.5. The van der Waals surface area contributed by atoms with Gasteiger partial charge in [0.2, 0.25) is 5.91 Å². The Labute approximate surface area is 114 Å². The first-order chi connectivity index (χ1) is 9.28. The third-order valence-electron chi connectivity index (χ3n) is 3.34. The standard InChI is InChI=1S/C15H22N2O2/c1-16-11-12-4-6-13(7-5-12)17-15(18)9-8-14-3-2-10-19-14/h4-7,14,16H,2-3,8-11H2,1H3,(H,17,18). The van der Waals surface area contributed by atoms with Gasteiger partial charge in [-0.3, -0.25) is 4.79 Å². The van der Waals surface area contributed by atoms with Gasteiger partial charge < -0.3 is 15.4 Å². The normalized spacial score (nSPS) is 18.5. The minimum absolute atomic E-state index is 0.0665. The Kier molecular flexibility index (Phi) is 5.36. The van der Waals surface area contributed by atoms with Crippen molar-refractivity contribution in [2.75, 3.05) is 19.0 Å². The van der Waals surface area contributed by atoms with Crippen LogP contribution in [0.15, 0.2) is 24.3 Å². The predicted molar refractivity (Wildman–Crippen MR) is 76.0 cm³/mol. The highest BCUT2D eigenvalue weighted by Crippen LogP contribution is 2.17. The summed E-state index contributed by atoms with van der Waals surface area (Å²) in [7, 11) is 1.92. The van der Waals surface area contributed by atoms with E-state index in [0.717, 1.165) is 38.1 Å². The summed E-state index contributed by atoms with van der Waals surface area (Å²) in [6.07, 6.45) is 3.85. The van der Waals surface area contributed by atoms with Crippen molar-refractivity contribution >= 4 is 11.6 Å². The molecule has 1 fully saturated rings. The molecule has 2 rings (SSSR count). The lowest BCUT2D eigenvalue weighted by Gasteiger charge is -2.09. The molecule has 0 radical (unpaired) electrons. The van der Waals surface area contributed by atoms with Crippen LogP contribution in [0.3, 0.4) is 0 Å². The Hall–Kier alpha value is -1.39. The monoisotopic (exact) mass is 262 g/mol. The van der Waals surface area contributed by atoms with Crippen LogP contribution in [0.25, 0.3) is 0 Å². The van der Waals surface area contributed by atoms with E-state index < -0.39 is 0 Å². The third kappa shape index (κ3) is 4.65. The summed E-state index contributed by atoms with van der Waals surface area (Å²) in [5.74, 6) is 0.0665. The minimum atomic E-state index is 0.0665. The van der Waals surface area contributed by atoms with Crippen LogP contribution in [0.1, 0.15) is 31.2 Å². The Morgan fingerprint density at radius 1 is 1.37 bits per heavy atom. The third-order valence-corrected chi connectivity index (χ3v) is 3.34. The van der Waals surface area contributed by atoms with Gasteiger partial charge in [-0.15, -0.1) is 0 Å². The molecule has 0 spiro atoms. The van der Waals surface area contributed by atoms with E-state index in [9.17, 15) is 4.79 Å². The maximum atomic E-state index is 11.8. The molecule has 1 aromatic carbocycles. The average Bonchev–Trinajstić information content (AvgIpc) is 2.92. The summed E-state index contributed by atoms with van der Waals surface area (Å²) >= 11 is 0. The molecule has 104 valence electrons. The van der Waals surface area contributed by atoms with E-state index in [1.54, 1.807) is 0 Å². The first kappa shape index (κ1) is 14.0. The molecular formula is C15H22N2O2. The SMILES string of the molecule is CNCc1ccc(NC(=O)CCC2CCCO2)cc1. The number of carbonyl (C=O) groups is 1. The Morgan fingerprint density at radius 2 is 2.16 bits per heavy atom. The molecular weight excluding hydrogens is 240 g/mol. The number of rotatable bonds is 6. The highest BCUT2D eigenvalue weighted by molar-refractivity contribution is 5.90. The van der Waals surface area contributed by atoms with Crippen molar-refractivity contribution in [2.24, 2.45) is 0 Å². The summed E-state index contributed by atoms with van der Waals surface area (Å²) in [6, 6.07) is 7.92. The first-order valence-electron chi connectivity index (χ1n) is 6.93. The van der Waals surface area contributed by atoms with Crippen LogP contribution in [0.4, 0.5) is 5.69 Å². The summed E-state index contributed by atoms with van der Waals surface area (Å²) in [6.45, 7) is 1.69. The summed E-state index contributed by atoms with van der Waals surface area (Å²) < 4.78 is 5.51. The zero-order valence-electron chi connectivity index (χ0n) is 11.4. The molecule has 1 saturated heterocycles. The number of ether oxygens (including phenoxy) is 1. The summed E-state index contributed by atoms with van der Waals surface area (Å²) in [5.41, 5.74) is 2.07. The van der Waals surface area contributed by atoms with Gasteiger partial charge in [-0.2, -0.15) is 0 Å². The fourth-order valence-corrected chi connectivity index (χ4v) is 2.30. The van der Waals surface area contributed by atoms with Gasteiger partial charge in [0.25, 0.3) is 0 Å². The lowest BCUT2D eigenvalue weighted by atomic mass is 10.1. The molecule has 0 aromatic heterocycles. The molecule has 1 aliphatic rings. The maximum Gasteiger partial charge on any atom is 0.224 e. The Balaban J connectivity index is 1.74. The predicted octanol–water partition coefficient (Wildman–Crippen LogP) is 2.30. The molecule has 1 heterocycles. The van der Waals surface area contributed by atoms with E-state index >= 15 is 0 Å². The van der Waals surface area contributed by atoms with Crippen LogP contribution in [0, 0.1) is 0 Å². The number of anilines is 1. The van der Waals surface area contributed by atoms with Crippen LogP contribution in [-0.4, -0.2) is 25.7 Å². The molecule has 1 atom stereocenters. The Bertz CT molecular complexity index is 397. The summed E-state index contributed by atoms with van der Waals surface area (Å²) in [4.78, 5) is 11.8. The zero-order valence-corrected chi connectivity index (χ0v) is 11.4. The lowest BCUT2D eigenvalue weighted by Crippen LogP contribution is -2.15. The Morgan fingerprint density at radius 3 is 2.79 bits per heavy atom. The first-order valence-corrected chi connectivity index (χ1v) is 6.93. The molecule has 0 saturated carbocycles. The van der Waals surface area contributed by atoms with E-state index in [1.165, 1.54) is 5.56 Å². The molecule has 0 bridgehead atoms. The quantitative estimate of drug-likeness (QED) is 0.827. The van der Waals surface area contributed by atoms with Gasteiger partial charge in [0.15, 0.2) is 0 Å². The second-order valence-corrected chi connectivity index (χ2v) is 4.95. The van der Waals surface area contributed by atoms with Crippen molar-refractivity contribution in [1.82, 2.24) is 5.32 Å². The molecule has 2 N–H and O–H groups in total. The smallest absolute Gasteiger partial charge is 0.224 e. The number of nitrogens with one attached hydrogen (secondary N) is 2. The fraction of sp³-hybridized carbons (Fsp3) is 0.533. The van der Waals surface area contributed by atoms with Crippen LogP contribution in [0.2, 0.25) is 0 Å². The molecule has 1 aliphatic heterocycles. The number of hydrogen-bond acceptors (Lipinski definition) is 3. The van der Waals surface area contributed by atoms with Crippen LogP contribution >= 0.6 is 0 Å². The van der Waals surface area contributed by atoms with E-state index in [0.29, 0.717) is 6.42 Å². The van der Waals surface area contributed by atoms with Crippen molar-refractivity contribution in [2.45, 2.75) is 38.3 Å². The summed E-state index contributed by atoms with van der Waals surface area (Å²) in [5, 5.41) is 6.01. The molecule has 4 nitrogen and oxygen atoms in total. The number of hydrogen-bond donors (Lipinski definition) is 2. The van der Waals surface area contributed by atoms with Crippen LogP contribution < -0.4 is 10.6 Å². The van der Waals surface area contributed by atoms with Gasteiger partial charge >= 0.3 is 0 Å². The van der Waals surface area contributed by atoms with E-state index in [-0.39, 0.29) is 12.0 Å². The highest BCUT2D eigenvalue weighted by Gasteiger charge is 2.16. The van der Waals surface area contributed by atoms with E-state index in [2.05, 4.69) is 10.6 Å². The van der Waals surface area contributed by atoms with Crippen LogP contribution in [0.5, 0.6) is 0 Å². The second-order valence-electron chi connectivity index (χ2n) is 4.95. The van der Waals surface area contributed by atoms with Crippen molar-refractivity contribution in [1.29, 1.82) is 0 Å². The molecule has 1 amide bonds. The van der Waals surface area contributed by atoms with Gasteiger partial charge in [-0.1, -0.05) is 12.1 Å². The average molecular weight is 262 g/mol. The van der Waals surface area contributed by atoms with Crippen molar-refractivity contribution in [3.05, 3.63) is 29.8 Å². The molecule has 4 heteroatoms. The number of benzene rings is 1. The molecule has 1 unspecified atom stereocenters. The van der Waals surface area contributed by atoms with E-state index in [1.807, 2.05) is 31.3 Å². The largest absolute Gasteiger partial charge is 0.378 e. The van der Waals surface area contributed by atoms with Gasteiger partial charge in [0.05, 0.1) is 6.10 Å². The van der Waals surface area contributed by atoms with Crippen molar-refractivity contribution < 1.29 is 9.53 Å². The van der Waals surface area contributed by atoms with Gasteiger partial charge in [-0.05, 0) is 44.0 Å². The molecule has 0 aliphatic carbocycles. The maximum absolute atomic E-state index is 11.8. The van der Waals surface area contributed by atoms with Crippen molar-refractivity contribution in [3.63, 3.8) is 0 Å². The van der Waals surface area contributed by atoms with Crippen molar-refractivity contribution in [3.8, 4) is 0 Å². The second kappa shape index (κ2) is 7.26.